The van der Waals surface area contributed by atoms with Gasteiger partial charge in [-0.1, -0.05) is 0 Å². The Balaban J connectivity index is 1.13. The molecule has 0 spiro atoms. The summed E-state index contributed by atoms with van der Waals surface area (Å²) in [6.45, 7) is 5.67. The number of piperidine rings is 1. The molecule has 4 heterocycles. The van der Waals surface area contributed by atoms with Gasteiger partial charge in [-0.15, -0.1) is 11.3 Å². The fourth-order valence-corrected chi connectivity index (χ4v) is 5.54. The van der Waals surface area contributed by atoms with Crippen LogP contribution < -0.4 is 5.32 Å². The molecule has 0 saturated carbocycles. The smallest absolute Gasteiger partial charge is 0.224 e. The Kier molecular flexibility index (Phi) is 8.21. The van der Waals surface area contributed by atoms with Crippen molar-refractivity contribution in [1.82, 2.24) is 15.1 Å². The van der Waals surface area contributed by atoms with Crippen LogP contribution in [0.5, 0.6) is 0 Å². The summed E-state index contributed by atoms with van der Waals surface area (Å²) in [7, 11) is 1.82. The second-order valence-electron chi connectivity index (χ2n) is 8.67. The molecular weight excluding hydrogens is 412 g/mol. The highest BCUT2D eigenvalue weighted by molar-refractivity contribution is 7.10. The minimum atomic E-state index is 0.219. The van der Waals surface area contributed by atoms with Crippen LogP contribution in [0.3, 0.4) is 0 Å². The number of nitrogens with one attached hydrogen (secondary N) is 1. The van der Waals surface area contributed by atoms with Crippen LogP contribution in [0.1, 0.15) is 49.0 Å². The molecule has 0 aromatic carbocycles. The molecule has 0 bridgehead atoms. The van der Waals surface area contributed by atoms with Gasteiger partial charge >= 0.3 is 0 Å². The molecule has 4 rings (SSSR count). The standard InChI is InChI=1S/C23H36N4O3S/c1-24-23(25-10-5-22(28)27-13-8-21-18(16-27)9-15-31-21)26-11-6-19(7-12-26)30-17-20-4-2-3-14-29-20/h9,15,19-20H,2-8,10-14,16-17H2,1H3,(H,24,25). The van der Waals surface area contributed by atoms with Crippen molar-refractivity contribution in [3.63, 3.8) is 0 Å². The van der Waals surface area contributed by atoms with Gasteiger partial charge in [-0.3, -0.25) is 9.79 Å². The second-order valence-corrected chi connectivity index (χ2v) is 9.67. The van der Waals surface area contributed by atoms with E-state index in [9.17, 15) is 4.79 Å². The third-order valence-electron chi connectivity index (χ3n) is 6.53. The summed E-state index contributed by atoms with van der Waals surface area (Å²) >= 11 is 1.80. The summed E-state index contributed by atoms with van der Waals surface area (Å²) in [5.74, 6) is 1.11. The summed E-state index contributed by atoms with van der Waals surface area (Å²) in [5, 5.41) is 5.52. The van der Waals surface area contributed by atoms with Crippen LogP contribution in [-0.2, 0) is 27.2 Å². The first-order valence-corrected chi connectivity index (χ1v) is 12.6. The van der Waals surface area contributed by atoms with Crippen LogP contribution in [0.2, 0.25) is 0 Å². The van der Waals surface area contributed by atoms with E-state index >= 15 is 0 Å². The first-order valence-electron chi connectivity index (χ1n) is 11.7. The molecule has 2 saturated heterocycles. The molecule has 31 heavy (non-hydrogen) atoms. The van der Waals surface area contributed by atoms with Crippen LogP contribution in [0.4, 0.5) is 0 Å². The average molecular weight is 449 g/mol. The first kappa shape index (κ1) is 22.6. The van der Waals surface area contributed by atoms with E-state index < -0.39 is 0 Å². The summed E-state index contributed by atoms with van der Waals surface area (Å²) < 4.78 is 11.9. The van der Waals surface area contributed by atoms with E-state index in [1.807, 2.05) is 11.9 Å². The number of hydrogen-bond acceptors (Lipinski definition) is 5. The second kappa shape index (κ2) is 11.3. The predicted octanol–water partition coefficient (Wildman–Crippen LogP) is 2.65. The lowest BCUT2D eigenvalue weighted by Gasteiger charge is -2.35. The molecule has 1 unspecified atom stereocenters. The lowest BCUT2D eigenvalue weighted by Crippen LogP contribution is -2.48. The SMILES string of the molecule is CN=C(NCCC(=O)N1CCc2sccc2C1)N1CCC(OCC2CCCCO2)CC1. The van der Waals surface area contributed by atoms with E-state index in [0.29, 0.717) is 19.1 Å². The lowest BCUT2D eigenvalue weighted by molar-refractivity contribution is -0.131. The van der Waals surface area contributed by atoms with Crippen LogP contribution in [0.15, 0.2) is 16.4 Å². The zero-order chi connectivity index (χ0) is 21.5. The van der Waals surface area contributed by atoms with Crippen molar-refractivity contribution in [3.8, 4) is 0 Å². The van der Waals surface area contributed by atoms with Crippen molar-refractivity contribution in [2.45, 2.75) is 63.7 Å². The third-order valence-corrected chi connectivity index (χ3v) is 7.55. The Morgan fingerprint density at radius 1 is 1.26 bits per heavy atom. The number of hydrogen-bond donors (Lipinski definition) is 1. The summed E-state index contributed by atoms with van der Waals surface area (Å²) in [6, 6.07) is 2.15. The number of aliphatic imine (C=N–C) groups is 1. The van der Waals surface area contributed by atoms with Gasteiger partial charge in [0.15, 0.2) is 5.96 Å². The zero-order valence-corrected chi connectivity index (χ0v) is 19.5. The number of nitrogens with zero attached hydrogens (tertiary/aromatic N) is 3. The Labute approximate surface area is 189 Å². The Morgan fingerprint density at radius 3 is 2.90 bits per heavy atom. The van der Waals surface area contributed by atoms with Crippen molar-refractivity contribution in [3.05, 3.63) is 21.9 Å². The molecule has 2 fully saturated rings. The number of carbonyl (C=O) groups excluding carboxylic acids is 1. The monoisotopic (exact) mass is 448 g/mol. The highest BCUT2D eigenvalue weighted by Gasteiger charge is 2.25. The summed E-state index contributed by atoms with van der Waals surface area (Å²) in [5.41, 5.74) is 1.31. The van der Waals surface area contributed by atoms with Crippen LogP contribution in [-0.4, -0.2) is 80.3 Å². The number of amides is 1. The van der Waals surface area contributed by atoms with Crippen molar-refractivity contribution < 1.29 is 14.3 Å². The maximum absolute atomic E-state index is 12.6. The molecule has 0 aliphatic carbocycles. The third kappa shape index (κ3) is 6.20. The number of likely N-dealkylation sites (tertiary alicyclic amines) is 1. The molecule has 1 aromatic heterocycles. The van der Waals surface area contributed by atoms with Crippen LogP contribution >= 0.6 is 11.3 Å². The van der Waals surface area contributed by atoms with Gasteiger partial charge in [-0.05, 0) is 55.5 Å². The van der Waals surface area contributed by atoms with E-state index in [4.69, 9.17) is 9.47 Å². The topological polar surface area (TPSA) is 66.4 Å². The average Bonchev–Trinajstić information content (AvgIpc) is 3.29. The van der Waals surface area contributed by atoms with E-state index in [1.165, 1.54) is 23.3 Å². The molecule has 172 valence electrons. The molecule has 8 heteroatoms. The van der Waals surface area contributed by atoms with E-state index in [-0.39, 0.29) is 12.0 Å². The van der Waals surface area contributed by atoms with Gasteiger partial charge in [0, 0.05) is 57.7 Å². The molecule has 3 aliphatic rings. The van der Waals surface area contributed by atoms with Crippen molar-refractivity contribution in [2.75, 3.05) is 46.4 Å². The highest BCUT2D eigenvalue weighted by atomic mass is 32.1. The minimum Gasteiger partial charge on any atom is -0.376 e. The number of guanidine groups is 1. The van der Waals surface area contributed by atoms with Gasteiger partial charge in [0.2, 0.25) is 5.91 Å². The van der Waals surface area contributed by atoms with Gasteiger partial charge < -0.3 is 24.6 Å². The number of ether oxygens (including phenoxy) is 2. The maximum atomic E-state index is 12.6. The summed E-state index contributed by atoms with van der Waals surface area (Å²) in [6.07, 6.45) is 7.64. The molecule has 0 radical (unpaired) electrons. The van der Waals surface area contributed by atoms with Gasteiger partial charge in [0.25, 0.3) is 0 Å². The van der Waals surface area contributed by atoms with E-state index in [2.05, 4.69) is 26.7 Å². The number of carbonyl (C=O) groups is 1. The molecule has 3 aliphatic heterocycles. The van der Waals surface area contributed by atoms with Crippen LogP contribution in [0, 0.1) is 0 Å². The van der Waals surface area contributed by atoms with Crippen molar-refractivity contribution in [2.24, 2.45) is 4.99 Å². The van der Waals surface area contributed by atoms with E-state index in [1.54, 1.807) is 11.3 Å². The number of thiophene rings is 1. The molecular formula is C23H36N4O3S. The fourth-order valence-electron chi connectivity index (χ4n) is 4.65. The fraction of sp³-hybridized carbons (Fsp3) is 0.739. The van der Waals surface area contributed by atoms with Gasteiger partial charge in [-0.25, -0.2) is 0 Å². The minimum absolute atomic E-state index is 0.219. The Bertz CT molecular complexity index is 739. The first-order chi connectivity index (χ1) is 15.2. The Morgan fingerprint density at radius 2 is 2.13 bits per heavy atom. The Hall–Kier alpha value is -1.64. The lowest BCUT2D eigenvalue weighted by atomic mass is 10.1. The van der Waals surface area contributed by atoms with Crippen molar-refractivity contribution >= 4 is 23.2 Å². The van der Waals surface area contributed by atoms with E-state index in [0.717, 1.165) is 71.0 Å². The molecule has 1 N–H and O–H groups in total. The highest BCUT2D eigenvalue weighted by Crippen LogP contribution is 2.24. The quantitative estimate of drug-likeness (QED) is 0.535. The number of rotatable bonds is 6. The molecule has 1 atom stereocenters. The predicted molar refractivity (Wildman–Crippen MR) is 124 cm³/mol. The molecule has 1 aromatic rings. The van der Waals surface area contributed by atoms with Gasteiger partial charge in [0.1, 0.15) is 0 Å². The maximum Gasteiger partial charge on any atom is 0.224 e. The largest absolute Gasteiger partial charge is 0.376 e. The zero-order valence-electron chi connectivity index (χ0n) is 18.7. The molecule has 1 amide bonds. The summed E-state index contributed by atoms with van der Waals surface area (Å²) in [4.78, 5) is 22.8. The normalized spacial score (nSPS) is 23.0. The van der Waals surface area contributed by atoms with Gasteiger partial charge in [0.05, 0.1) is 18.8 Å². The number of fused-ring (bicyclic) bond motifs is 1. The molecule has 7 nitrogen and oxygen atoms in total. The van der Waals surface area contributed by atoms with Crippen molar-refractivity contribution in [1.29, 1.82) is 0 Å². The van der Waals surface area contributed by atoms with Crippen LogP contribution in [0.25, 0.3) is 0 Å². The van der Waals surface area contributed by atoms with Gasteiger partial charge in [-0.2, -0.15) is 0 Å².